The molecule has 0 saturated carbocycles. The minimum absolute atomic E-state index is 0.168. The minimum Gasteiger partial charge on any atom is -0.481 e. The first-order chi connectivity index (χ1) is 9.43. The van der Waals surface area contributed by atoms with E-state index in [1.807, 2.05) is 13.8 Å². The molecule has 6 nitrogen and oxygen atoms in total. The first-order valence-electron chi connectivity index (χ1n) is 7.18. The number of hydrogen-bond donors (Lipinski definition) is 2. The van der Waals surface area contributed by atoms with Gasteiger partial charge in [-0.25, -0.2) is 4.79 Å². The van der Waals surface area contributed by atoms with Crippen molar-refractivity contribution < 1.29 is 19.4 Å². The molecule has 0 aromatic heterocycles. The third kappa shape index (κ3) is 5.36. The van der Waals surface area contributed by atoms with Crippen LogP contribution in [0.1, 0.15) is 26.7 Å². The zero-order chi connectivity index (χ0) is 15.1. The highest BCUT2D eigenvalue weighted by molar-refractivity contribution is 5.76. The second-order valence-electron chi connectivity index (χ2n) is 5.91. The van der Waals surface area contributed by atoms with E-state index in [2.05, 4.69) is 5.32 Å². The van der Waals surface area contributed by atoms with Gasteiger partial charge in [-0.2, -0.15) is 0 Å². The Bertz CT molecular complexity index is 333. The lowest BCUT2D eigenvalue weighted by Gasteiger charge is -2.20. The molecule has 0 radical (unpaired) electrons. The molecule has 1 aliphatic rings. The largest absolute Gasteiger partial charge is 0.481 e. The molecule has 2 atom stereocenters. The minimum atomic E-state index is -0.849. The average Bonchev–Trinajstić information content (AvgIpc) is 2.82. The van der Waals surface area contributed by atoms with Gasteiger partial charge < -0.3 is 20.1 Å². The van der Waals surface area contributed by atoms with Gasteiger partial charge in [0.15, 0.2) is 0 Å². The Morgan fingerprint density at radius 1 is 1.45 bits per heavy atom. The van der Waals surface area contributed by atoms with E-state index in [-0.39, 0.29) is 12.6 Å². The summed E-state index contributed by atoms with van der Waals surface area (Å²) in [7, 11) is 1.66. The molecular weight excluding hydrogens is 260 g/mol. The van der Waals surface area contributed by atoms with Gasteiger partial charge in [-0.15, -0.1) is 0 Å². The predicted octanol–water partition coefficient (Wildman–Crippen LogP) is 1.41. The van der Waals surface area contributed by atoms with Crippen molar-refractivity contribution in [1.82, 2.24) is 10.2 Å². The summed E-state index contributed by atoms with van der Waals surface area (Å²) in [6.45, 7) is 6.21. The highest BCUT2D eigenvalue weighted by atomic mass is 16.5. The maximum absolute atomic E-state index is 12.0. The Morgan fingerprint density at radius 3 is 2.70 bits per heavy atom. The van der Waals surface area contributed by atoms with E-state index in [0.29, 0.717) is 38.0 Å². The highest BCUT2D eigenvalue weighted by Gasteiger charge is 2.27. The van der Waals surface area contributed by atoms with Crippen molar-refractivity contribution in [3.05, 3.63) is 0 Å². The van der Waals surface area contributed by atoms with Crippen LogP contribution >= 0.6 is 0 Å². The number of nitrogens with one attached hydrogen (secondary N) is 1. The van der Waals surface area contributed by atoms with Gasteiger partial charge in [-0.1, -0.05) is 13.8 Å². The molecule has 20 heavy (non-hydrogen) atoms. The third-order valence-electron chi connectivity index (χ3n) is 3.58. The lowest BCUT2D eigenvalue weighted by atomic mass is 9.97. The first-order valence-corrected chi connectivity index (χ1v) is 7.18. The van der Waals surface area contributed by atoms with E-state index in [4.69, 9.17) is 9.84 Å². The second-order valence-corrected chi connectivity index (χ2v) is 5.91. The predicted molar refractivity (Wildman–Crippen MR) is 75.5 cm³/mol. The van der Waals surface area contributed by atoms with Gasteiger partial charge in [0, 0.05) is 32.7 Å². The highest BCUT2D eigenvalue weighted by Crippen LogP contribution is 2.16. The second kappa shape index (κ2) is 8.09. The van der Waals surface area contributed by atoms with Gasteiger partial charge in [-0.3, -0.25) is 4.79 Å². The molecule has 116 valence electrons. The van der Waals surface area contributed by atoms with E-state index in [1.54, 1.807) is 12.0 Å². The van der Waals surface area contributed by atoms with Gasteiger partial charge in [0.2, 0.25) is 0 Å². The zero-order valence-electron chi connectivity index (χ0n) is 12.6. The molecule has 0 aromatic rings. The van der Waals surface area contributed by atoms with Crippen LogP contribution in [0.25, 0.3) is 0 Å². The Morgan fingerprint density at radius 2 is 2.15 bits per heavy atom. The molecule has 0 bridgehead atoms. The Balaban J connectivity index is 2.36. The number of methoxy groups -OCH3 is 1. The van der Waals surface area contributed by atoms with Gasteiger partial charge >= 0.3 is 12.0 Å². The van der Waals surface area contributed by atoms with E-state index in [9.17, 15) is 9.59 Å². The van der Waals surface area contributed by atoms with Gasteiger partial charge in [0.05, 0.1) is 12.5 Å². The normalized spacial score (nSPS) is 20.2. The average molecular weight is 286 g/mol. The van der Waals surface area contributed by atoms with Crippen molar-refractivity contribution in [2.45, 2.75) is 26.7 Å². The van der Waals surface area contributed by atoms with E-state index in [1.165, 1.54) is 0 Å². The van der Waals surface area contributed by atoms with Crippen LogP contribution in [0, 0.1) is 17.8 Å². The monoisotopic (exact) mass is 286 g/mol. The molecule has 2 unspecified atom stereocenters. The number of amides is 2. The maximum atomic E-state index is 12.0. The number of ether oxygens (including phenoxy) is 1. The topological polar surface area (TPSA) is 78.9 Å². The third-order valence-corrected chi connectivity index (χ3v) is 3.58. The number of carboxylic acids is 1. The maximum Gasteiger partial charge on any atom is 0.317 e. The fourth-order valence-corrected chi connectivity index (χ4v) is 2.55. The molecule has 2 amide bonds. The summed E-state index contributed by atoms with van der Waals surface area (Å²) in [5, 5.41) is 11.9. The summed E-state index contributed by atoms with van der Waals surface area (Å²) in [5.41, 5.74) is 0. The van der Waals surface area contributed by atoms with E-state index < -0.39 is 11.9 Å². The first kappa shape index (κ1) is 16.8. The van der Waals surface area contributed by atoms with Crippen LogP contribution in [0.5, 0.6) is 0 Å². The van der Waals surface area contributed by atoms with Crippen LogP contribution < -0.4 is 5.32 Å². The molecule has 6 heteroatoms. The van der Waals surface area contributed by atoms with Crippen molar-refractivity contribution in [3.8, 4) is 0 Å². The summed E-state index contributed by atoms with van der Waals surface area (Å²) in [5.74, 6) is -0.684. The van der Waals surface area contributed by atoms with Crippen LogP contribution in [0.2, 0.25) is 0 Å². The SMILES string of the molecule is COCC1CCN(C(=O)NCC(CC(C)C)C(=O)O)C1. The number of carbonyl (C=O) groups excluding carboxylic acids is 1. The quantitative estimate of drug-likeness (QED) is 0.741. The van der Waals surface area contributed by atoms with Crippen molar-refractivity contribution in [2.24, 2.45) is 17.8 Å². The van der Waals surface area contributed by atoms with Crippen molar-refractivity contribution in [3.63, 3.8) is 0 Å². The number of hydrogen-bond acceptors (Lipinski definition) is 3. The summed E-state index contributed by atoms with van der Waals surface area (Å²) in [4.78, 5) is 24.8. The van der Waals surface area contributed by atoms with Crippen LogP contribution in [-0.2, 0) is 9.53 Å². The molecule has 1 heterocycles. The number of carbonyl (C=O) groups is 2. The molecule has 1 fully saturated rings. The fourth-order valence-electron chi connectivity index (χ4n) is 2.55. The summed E-state index contributed by atoms with van der Waals surface area (Å²) in [6.07, 6.45) is 1.51. The van der Waals surface area contributed by atoms with E-state index >= 15 is 0 Å². The van der Waals surface area contributed by atoms with Crippen LogP contribution in [-0.4, -0.2) is 55.4 Å². The number of urea groups is 1. The van der Waals surface area contributed by atoms with Crippen molar-refractivity contribution in [2.75, 3.05) is 33.4 Å². The van der Waals surface area contributed by atoms with Gasteiger partial charge in [0.1, 0.15) is 0 Å². The van der Waals surface area contributed by atoms with E-state index in [0.717, 1.165) is 6.42 Å². The van der Waals surface area contributed by atoms with Gasteiger partial charge in [0.25, 0.3) is 0 Å². The summed E-state index contributed by atoms with van der Waals surface area (Å²) < 4.78 is 5.09. The van der Waals surface area contributed by atoms with Gasteiger partial charge in [-0.05, 0) is 18.8 Å². The number of rotatable bonds is 7. The lowest BCUT2D eigenvalue weighted by molar-refractivity contribution is -0.142. The lowest BCUT2D eigenvalue weighted by Crippen LogP contribution is -2.42. The zero-order valence-corrected chi connectivity index (χ0v) is 12.6. The Hall–Kier alpha value is -1.30. The summed E-state index contributed by atoms with van der Waals surface area (Å²) >= 11 is 0. The number of nitrogens with zero attached hydrogens (tertiary/aromatic N) is 1. The molecule has 1 saturated heterocycles. The van der Waals surface area contributed by atoms with Crippen molar-refractivity contribution >= 4 is 12.0 Å². The number of aliphatic carboxylic acids is 1. The Kier molecular flexibility index (Phi) is 6.78. The molecular formula is C14H26N2O4. The standard InChI is InChI=1S/C14H26N2O4/c1-10(2)6-12(13(17)18)7-15-14(19)16-5-4-11(8-16)9-20-3/h10-12H,4-9H2,1-3H3,(H,15,19)(H,17,18). The van der Waals surface area contributed by atoms with Crippen molar-refractivity contribution in [1.29, 1.82) is 0 Å². The molecule has 0 aliphatic carbocycles. The van der Waals surface area contributed by atoms with Crippen LogP contribution in [0.4, 0.5) is 4.79 Å². The number of likely N-dealkylation sites (tertiary alicyclic amines) is 1. The molecule has 0 spiro atoms. The van der Waals surface area contributed by atoms with Crippen LogP contribution in [0.3, 0.4) is 0 Å². The smallest absolute Gasteiger partial charge is 0.317 e. The fraction of sp³-hybridized carbons (Fsp3) is 0.857. The summed E-state index contributed by atoms with van der Waals surface area (Å²) in [6, 6.07) is -0.168. The molecule has 1 rings (SSSR count). The van der Waals surface area contributed by atoms with Crippen LogP contribution in [0.15, 0.2) is 0 Å². The molecule has 0 aromatic carbocycles. The Labute approximate surface area is 120 Å². The molecule has 2 N–H and O–H groups in total. The number of carboxylic acid groups (broad SMARTS) is 1. The molecule has 1 aliphatic heterocycles.